The number of rotatable bonds is 9. The Morgan fingerprint density at radius 2 is 2.10 bits per heavy atom. The van der Waals surface area contributed by atoms with Crippen LogP contribution in [-0.4, -0.2) is 31.8 Å². The first kappa shape index (κ1) is 29.8. The summed E-state index contributed by atoms with van der Waals surface area (Å²) in [4.78, 5) is 17.7. The van der Waals surface area contributed by atoms with Crippen molar-refractivity contribution in [3.63, 3.8) is 0 Å². The van der Waals surface area contributed by atoms with Crippen LogP contribution in [0.3, 0.4) is 0 Å². The van der Waals surface area contributed by atoms with E-state index in [1.807, 2.05) is 6.07 Å². The van der Waals surface area contributed by atoms with E-state index in [1.165, 1.54) is 36.5 Å². The lowest BCUT2D eigenvalue weighted by Crippen LogP contribution is -2.34. The highest BCUT2D eigenvalue weighted by Gasteiger charge is 2.17. The van der Waals surface area contributed by atoms with Crippen molar-refractivity contribution in [2.75, 3.05) is 11.9 Å². The van der Waals surface area contributed by atoms with Gasteiger partial charge < -0.3 is 18.5 Å². The number of hydrogen-bond acceptors (Lipinski definition) is 7. The van der Waals surface area contributed by atoms with Gasteiger partial charge in [-0.15, -0.1) is 11.3 Å². The van der Waals surface area contributed by atoms with E-state index in [-0.39, 0.29) is 28.5 Å². The van der Waals surface area contributed by atoms with Crippen LogP contribution in [-0.2, 0) is 4.79 Å². The molecule has 2 N–H and O–H groups in total. The van der Waals surface area contributed by atoms with Gasteiger partial charge in [0.15, 0.2) is 16.7 Å². The fraction of sp³-hybridized carbons (Fsp3) is 0.222. The highest BCUT2D eigenvalue weighted by molar-refractivity contribution is 14.1. The summed E-state index contributed by atoms with van der Waals surface area (Å²) >= 11 is 6.22. The molecule has 0 spiro atoms. The third-order valence-electron chi connectivity index (χ3n) is 5.46. The molecule has 4 rings (SSSR count). The second kappa shape index (κ2) is 13.5. The van der Waals surface area contributed by atoms with E-state index < -0.39 is 45.0 Å². The molecule has 1 aliphatic heterocycles. The van der Waals surface area contributed by atoms with Crippen LogP contribution in [0.1, 0.15) is 32.1 Å². The van der Waals surface area contributed by atoms with Gasteiger partial charge in [-0.2, -0.15) is 0 Å². The first-order valence-electron chi connectivity index (χ1n) is 12.1. The Bertz CT molecular complexity index is 1570. The van der Waals surface area contributed by atoms with Crippen LogP contribution in [0.2, 0.25) is 0 Å². The molecule has 0 saturated heterocycles. The molecule has 2 aromatic heterocycles. The minimum Gasteiger partial charge on any atom is -0.453 e. The van der Waals surface area contributed by atoms with E-state index in [4.69, 9.17) is 17.0 Å². The number of allylic oxidation sites excluding steroid dienone is 3. The van der Waals surface area contributed by atoms with Gasteiger partial charge in [-0.1, -0.05) is 6.08 Å². The summed E-state index contributed by atoms with van der Waals surface area (Å²) in [7, 11) is 0. The number of fused-ring (bicyclic) bond motifs is 1. The number of nitrogens with one attached hydrogen (secondary N) is 2. The van der Waals surface area contributed by atoms with E-state index in [0.717, 1.165) is 33.4 Å². The fourth-order valence-electron chi connectivity index (χ4n) is 3.56. The zero-order chi connectivity index (χ0) is 28.8. The molecule has 1 amide bonds. The van der Waals surface area contributed by atoms with Crippen molar-refractivity contribution >= 4 is 77.5 Å². The second-order valence-corrected chi connectivity index (χ2v) is 12.1. The van der Waals surface area contributed by atoms with E-state index in [0.29, 0.717) is 5.75 Å². The number of benzene rings is 1. The molecule has 0 aliphatic carbocycles. The van der Waals surface area contributed by atoms with Crippen molar-refractivity contribution in [2.45, 2.75) is 33.4 Å². The van der Waals surface area contributed by atoms with E-state index in [2.05, 4.69) is 35.0 Å². The minimum absolute atomic E-state index is 0.00201. The number of thiocarbonyl (C=S) groups is 1. The Morgan fingerprint density at radius 1 is 1.30 bits per heavy atom. The van der Waals surface area contributed by atoms with Gasteiger partial charge in [0.25, 0.3) is 0 Å². The van der Waals surface area contributed by atoms with Gasteiger partial charge >= 0.3 is 0 Å². The number of nitrogens with zero attached hydrogens (tertiary/aromatic N) is 3. The topological polar surface area (TPSA) is 78.8 Å². The fourth-order valence-corrected chi connectivity index (χ4v) is 6.56. The lowest BCUT2D eigenvalue weighted by atomic mass is 10.1. The van der Waals surface area contributed by atoms with Gasteiger partial charge in [0.05, 0.1) is 21.5 Å². The maximum Gasteiger partial charge on any atom is 0.230 e. The third-order valence-corrected chi connectivity index (χ3v) is 9.08. The second-order valence-electron chi connectivity index (χ2n) is 8.46. The zero-order valence-corrected chi connectivity index (χ0v) is 25.5. The molecule has 0 fully saturated rings. The normalized spacial score (nSPS) is 14.6. The van der Waals surface area contributed by atoms with Crippen molar-refractivity contribution in [1.29, 1.82) is 0 Å². The molecular formula is C27H25F3IN5O2S2. The van der Waals surface area contributed by atoms with Gasteiger partial charge in [0.2, 0.25) is 5.91 Å². The van der Waals surface area contributed by atoms with Crippen molar-refractivity contribution in [3.05, 3.63) is 77.0 Å². The number of anilines is 1. The summed E-state index contributed by atoms with van der Waals surface area (Å²) in [6, 6.07) is 7.80. The summed E-state index contributed by atoms with van der Waals surface area (Å²) in [5.74, 6) is -1.61. The Labute approximate surface area is 249 Å². The standard InChI is InChI=1S/C27H25F3IN5O2S2/c1-4-16(18(29)10-15(3)28)11-25(37)34-27(39)33-17-6-7-22(19(30)12-17)38-23-8-9-32-20-13-24(40-26(20)23)21-14-36(5-2)31-35-21/h4,6-10,12-15H,5,11H2,1-3H3,(H2,33,34,37,39)/b16-4-,18-10+. The van der Waals surface area contributed by atoms with Gasteiger partial charge in [0.1, 0.15) is 44.8 Å². The van der Waals surface area contributed by atoms with Crippen molar-refractivity contribution in [2.24, 2.45) is 3.15 Å². The highest BCUT2D eigenvalue weighted by atomic mass is 127. The molecule has 1 unspecified atom stereocenters. The van der Waals surface area contributed by atoms with Gasteiger partial charge in [-0.05, 0) is 62.8 Å². The van der Waals surface area contributed by atoms with E-state index in [1.54, 1.807) is 25.3 Å². The number of ether oxygens (including phenoxy) is 1. The Hall–Kier alpha value is -3.17. The van der Waals surface area contributed by atoms with Crippen LogP contribution in [0.25, 0.3) is 15.9 Å². The average molecular weight is 700 g/mol. The highest BCUT2D eigenvalue weighted by Crippen LogP contribution is 2.41. The molecule has 210 valence electrons. The predicted octanol–water partition coefficient (Wildman–Crippen LogP) is 8.29. The number of hydrogen-bond donors (Lipinski definition) is 2. The van der Waals surface area contributed by atoms with E-state index in [9.17, 15) is 18.0 Å². The molecule has 0 radical (unpaired) electrons. The Balaban J connectivity index is 1.41. The lowest BCUT2D eigenvalue weighted by Gasteiger charge is -2.12. The number of aromatic nitrogens is 1. The van der Waals surface area contributed by atoms with Crippen LogP contribution >= 0.6 is 44.9 Å². The zero-order valence-electron chi connectivity index (χ0n) is 21.7. The SMILES string of the molecule is C/C=C(CC(=O)NC(=S)Nc1ccc(Oc2ccnc3cc(C4=CN(CC)I=N4)sc23)c(F)c1)\C(F)=C/C(C)F. The first-order chi connectivity index (χ1) is 19.2. The summed E-state index contributed by atoms with van der Waals surface area (Å²) < 4.78 is 55.6. The van der Waals surface area contributed by atoms with Crippen molar-refractivity contribution < 1.29 is 22.7 Å². The Kier molecular flexibility index (Phi) is 10.0. The number of amides is 1. The number of carbonyl (C=O) groups excluding carboxylic acids is 1. The number of halogens is 4. The lowest BCUT2D eigenvalue weighted by molar-refractivity contribution is -0.119. The first-order valence-corrected chi connectivity index (χ1v) is 15.3. The summed E-state index contributed by atoms with van der Waals surface area (Å²) in [6.07, 6.45) is 3.99. The molecule has 3 heterocycles. The summed E-state index contributed by atoms with van der Waals surface area (Å²) in [6.45, 7) is 5.73. The monoisotopic (exact) mass is 699 g/mol. The number of carbonyl (C=O) groups is 1. The van der Waals surface area contributed by atoms with Crippen LogP contribution in [0.15, 0.2) is 69.4 Å². The van der Waals surface area contributed by atoms with Crippen LogP contribution in [0, 0.1) is 5.82 Å². The van der Waals surface area contributed by atoms with Crippen LogP contribution in [0.5, 0.6) is 11.5 Å². The molecule has 13 heteroatoms. The number of thiophene rings is 1. The van der Waals surface area contributed by atoms with Crippen molar-refractivity contribution in [1.82, 2.24) is 13.4 Å². The smallest absolute Gasteiger partial charge is 0.230 e. The summed E-state index contributed by atoms with van der Waals surface area (Å²) in [5.41, 5.74) is 1.96. The molecule has 40 heavy (non-hydrogen) atoms. The molecule has 0 saturated carbocycles. The van der Waals surface area contributed by atoms with Gasteiger partial charge in [0, 0.05) is 36.8 Å². The Morgan fingerprint density at radius 3 is 2.77 bits per heavy atom. The molecule has 0 bridgehead atoms. The predicted molar refractivity (Wildman–Crippen MR) is 165 cm³/mol. The molecule has 7 nitrogen and oxygen atoms in total. The van der Waals surface area contributed by atoms with Gasteiger partial charge in [-0.3, -0.25) is 9.78 Å². The van der Waals surface area contributed by atoms with Crippen LogP contribution < -0.4 is 15.4 Å². The quantitative estimate of drug-likeness (QED) is 0.101. The summed E-state index contributed by atoms with van der Waals surface area (Å²) in [5, 5.41) is 5.03. The number of alkyl halides is 1. The van der Waals surface area contributed by atoms with E-state index >= 15 is 0 Å². The maximum atomic E-state index is 15.0. The average Bonchev–Trinajstić information content (AvgIpc) is 3.56. The largest absolute Gasteiger partial charge is 0.453 e. The molecule has 3 aromatic rings. The molecule has 1 aromatic carbocycles. The minimum atomic E-state index is -1.49. The molecule has 1 aliphatic rings. The molecular weight excluding hydrogens is 674 g/mol. The van der Waals surface area contributed by atoms with Crippen LogP contribution in [0.4, 0.5) is 18.9 Å². The maximum absolute atomic E-state index is 15.0. The van der Waals surface area contributed by atoms with Gasteiger partial charge in [-0.25, -0.2) is 16.3 Å². The van der Waals surface area contributed by atoms with Crippen molar-refractivity contribution in [3.8, 4) is 11.5 Å². The molecule has 1 atom stereocenters. The third kappa shape index (κ3) is 7.52. The number of pyridine rings is 1.